The molecule has 0 aliphatic rings. The first-order valence-corrected chi connectivity index (χ1v) is 10.5. The molecule has 0 fully saturated rings. The maximum Gasteiger partial charge on any atom is 0.278 e. The summed E-state index contributed by atoms with van der Waals surface area (Å²) in [5.41, 5.74) is 2.77. The molecule has 2 N–H and O–H groups in total. The fourth-order valence-electron chi connectivity index (χ4n) is 2.88. The lowest BCUT2D eigenvalue weighted by molar-refractivity contribution is -0.118. The number of benzene rings is 1. The molecule has 8 heteroatoms. The summed E-state index contributed by atoms with van der Waals surface area (Å²) in [6.07, 6.45) is 0.791. The van der Waals surface area contributed by atoms with Crippen LogP contribution in [0, 0.1) is 6.92 Å². The van der Waals surface area contributed by atoms with E-state index in [9.17, 15) is 9.59 Å². The molecular formula is C20H23ClN4O2S. The Morgan fingerprint density at radius 2 is 2.14 bits per heavy atom. The summed E-state index contributed by atoms with van der Waals surface area (Å²) in [7, 11) is 0. The average molecular weight is 419 g/mol. The second kappa shape index (κ2) is 8.84. The lowest BCUT2D eigenvalue weighted by Crippen LogP contribution is -2.28. The number of aryl methyl sites for hydroxylation is 1. The van der Waals surface area contributed by atoms with Crippen molar-refractivity contribution < 1.29 is 4.79 Å². The Balaban J connectivity index is 1.76. The molecule has 0 aliphatic carbocycles. The highest BCUT2D eigenvalue weighted by molar-refractivity contribution is 7.99. The highest BCUT2D eigenvalue weighted by Gasteiger charge is 2.18. The van der Waals surface area contributed by atoms with Crippen LogP contribution in [0.5, 0.6) is 0 Å². The smallest absolute Gasteiger partial charge is 0.278 e. The summed E-state index contributed by atoms with van der Waals surface area (Å²) >= 11 is 7.39. The van der Waals surface area contributed by atoms with Crippen molar-refractivity contribution in [3.8, 4) is 0 Å². The number of amides is 1. The van der Waals surface area contributed by atoms with Crippen LogP contribution in [0.4, 0.5) is 0 Å². The van der Waals surface area contributed by atoms with Crippen LogP contribution in [0.15, 0.2) is 40.3 Å². The van der Waals surface area contributed by atoms with Gasteiger partial charge in [-0.25, -0.2) is 4.98 Å². The molecule has 6 nitrogen and oxygen atoms in total. The second-order valence-electron chi connectivity index (χ2n) is 6.70. The highest BCUT2D eigenvalue weighted by atomic mass is 35.5. The van der Waals surface area contributed by atoms with Crippen molar-refractivity contribution in [1.29, 1.82) is 0 Å². The molecule has 148 valence electrons. The number of halogens is 1. The van der Waals surface area contributed by atoms with E-state index in [2.05, 4.69) is 15.3 Å². The lowest BCUT2D eigenvalue weighted by Gasteiger charge is -2.17. The first-order chi connectivity index (χ1) is 13.4. The summed E-state index contributed by atoms with van der Waals surface area (Å²) in [4.78, 5) is 32.9. The van der Waals surface area contributed by atoms with Gasteiger partial charge in [0, 0.05) is 23.3 Å². The Morgan fingerprint density at radius 1 is 1.39 bits per heavy atom. The molecule has 0 aliphatic heterocycles. The molecule has 1 amide bonds. The van der Waals surface area contributed by atoms with Gasteiger partial charge < -0.3 is 10.3 Å². The van der Waals surface area contributed by atoms with Crippen molar-refractivity contribution in [3.05, 3.63) is 57.0 Å². The summed E-state index contributed by atoms with van der Waals surface area (Å²) in [5, 5.41) is 4.04. The van der Waals surface area contributed by atoms with Crippen molar-refractivity contribution in [1.82, 2.24) is 19.9 Å². The van der Waals surface area contributed by atoms with E-state index in [4.69, 9.17) is 11.6 Å². The predicted octanol–water partition coefficient (Wildman–Crippen LogP) is 4.07. The zero-order valence-electron chi connectivity index (χ0n) is 16.1. The molecule has 0 saturated heterocycles. The highest BCUT2D eigenvalue weighted by Crippen LogP contribution is 2.22. The summed E-state index contributed by atoms with van der Waals surface area (Å²) in [6, 6.07) is 9.23. The number of aromatic nitrogens is 3. The molecule has 0 unspecified atom stereocenters. The molecule has 2 aromatic heterocycles. The minimum atomic E-state index is -0.139. The molecule has 3 rings (SSSR count). The van der Waals surface area contributed by atoms with E-state index in [1.54, 1.807) is 10.6 Å². The molecule has 1 atom stereocenters. The standard InChI is InChI=1S/C20H23ClN4O2S/c1-4-13(3)25-19(27)18-16(9-12(2)23-18)24-20(25)28-11-17(26)22-10-14-7-5-6-8-15(14)21/h5-9,13,23H,4,10-11H2,1-3H3,(H,22,26)/t13-/m1/s1. The number of carbonyl (C=O) groups is 1. The quantitative estimate of drug-likeness (QED) is 0.447. The number of nitrogens with zero attached hydrogens (tertiary/aromatic N) is 2. The topological polar surface area (TPSA) is 79.8 Å². The molecule has 0 spiro atoms. The van der Waals surface area contributed by atoms with E-state index in [1.807, 2.05) is 45.0 Å². The van der Waals surface area contributed by atoms with Crippen molar-refractivity contribution in [2.75, 3.05) is 5.75 Å². The first-order valence-electron chi connectivity index (χ1n) is 9.15. The van der Waals surface area contributed by atoms with Crippen LogP contribution < -0.4 is 10.9 Å². The van der Waals surface area contributed by atoms with Crippen LogP contribution >= 0.6 is 23.4 Å². The second-order valence-corrected chi connectivity index (χ2v) is 8.05. The van der Waals surface area contributed by atoms with Crippen LogP contribution in [0.25, 0.3) is 11.0 Å². The number of fused-ring (bicyclic) bond motifs is 1. The zero-order valence-corrected chi connectivity index (χ0v) is 17.7. The number of nitrogens with one attached hydrogen (secondary N) is 2. The number of H-pyrrole nitrogens is 1. The Morgan fingerprint density at radius 3 is 2.86 bits per heavy atom. The third-order valence-corrected chi connectivity index (χ3v) is 5.91. The summed E-state index contributed by atoms with van der Waals surface area (Å²) in [6.45, 7) is 6.25. The Hall–Kier alpha value is -2.25. The predicted molar refractivity (Wildman–Crippen MR) is 114 cm³/mol. The van der Waals surface area contributed by atoms with E-state index in [-0.39, 0.29) is 23.3 Å². The van der Waals surface area contributed by atoms with E-state index in [0.717, 1.165) is 17.7 Å². The van der Waals surface area contributed by atoms with Gasteiger partial charge in [-0.05, 0) is 38.0 Å². The minimum Gasteiger partial charge on any atom is -0.353 e. The third-order valence-electron chi connectivity index (χ3n) is 4.58. The number of hydrogen-bond acceptors (Lipinski definition) is 4. The Labute approximate surface area is 172 Å². The summed E-state index contributed by atoms with van der Waals surface area (Å²) < 4.78 is 1.67. The number of aromatic amines is 1. The van der Waals surface area contributed by atoms with Crippen molar-refractivity contribution in [2.45, 2.75) is 44.9 Å². The number of rotatable bonds is 7. The summed E-state index contributed by atoms with van der Waals surface area (Å²) in [5.74, 6) is 0.0302. The van der Waals surface area contributed by atoms with Crippen LogP contribution in [-0.4, -0.2) is 26.2 Å². The monoisotopic (exact) mass is 418 g/mol. The zero-order chi connectivity index (χ0) is 20.3. The van der Waals surface area contributed by atoms with Crippen LogP contribution in [0.3, 0.4) is 0 Å². The SMILES string of the molecule is CC[C@@H](C)n1c(SCC(=O)NCc2ccccc2Cl)nc2cc(C)[nH]c2c1=O. The average Bonchev–Trinajstić information content (AvgIpc) is 3.06. The number of hydrogen-bond donors (Lipinski definition) is 2. The van der Waals surface area contributed by atoms with Crippen LogP contribution in [-0.2, 0) is 11.3 Å². The van der Waals surface area contributed by atoms with E-state index >= 15 is 0 Å². The molecular weight excluding hydrogens is 396 g/mol. The molecule has 0 bridgehead atoms. The van der Waals surface area contributed by atoms with Gasteiger partial charge in [-0.15, -0.1) is 0 Å². The number of carbonyl (C=O) groups excluding carboxylic acids is 1. The Kier molecular flexibility index (Phi) is 6.46. The van der Waals surface area contributed by atoms with Gasteiger partial charge in [0.2, 0.25) is 5.91 Å². The van der Waals surface area contributed by atoms with Gasteiger partial charge in [0.15, 0.2) is 5.16 Å². The molecule has 28 heavy (non-hydrogen) atoms. The number of thioether (sulfide) groups is 1. The maximum absolute atomic E-state index is 12.9. The van der Waals surface area contributed by atoms with Gasteiger partial charge in [0.05, 0.1) is 11.3 Å². The molecule has 1 aromatic carbocycles. The van der Waals surface area contributed by atoms with E-state index in [0.29, 0.717) is 27.8 Å². The normalized spacial score (nSPS) is 12.3. The van der Waals surface area contributed by atoms with Gasteiger partial charge in [-0.2, -0.15) is 0 Å². The largest absolute Gasteiger partial charge is 0.353 e. The van der Waals surface area contributed by atoms with Gasteiger partial charge in [-0.1, -0.05) is 48.5 Å². The lowest BCUT2D eigenvalue weighted by atomic mass is 10.2. The molecule has 3 aromatic rings. The van der Waals surface area contributed by atoms with E-state index in [1.165, 1.54) is 11.8 Å². The van der Waals surface area contributed by atoms with E-state index < -0.39 is 0 Å². The molecule has 0 saturated carbocycles. The van der Waals surface area contributed by atoms with Gasteiger partial charge in [-0.3, -0.25) is 14.2 Å². The minimum absolute atomic E-state index is 0.0123. The fourth-order valence-corrected chi connectivity index (χ4v) is 4.01. The van der Waals surface area contributed by atoms with Gasteiger partial charge in [0.25, 0.3) is 5.56 Å². The maximum atomic E-state index is 12.9. The first kappa shape index (κ1) is 20.5. The van der Waals surface area contributed by atoms with Crippen molar-refractivity contribution >= 4 is 40.3 Å². The van der Waals surface area contributed by atoms with Crippen LogP contribution in [0.2, 0.25) is 5.02 Å². The fraction of sp³-hybridized carbons (Fsp3) is 0.350. The van der Waals surface area contributed by atoms with Crippen LogP contribution in [0.1, 0.15) is 37.6 Å². The van der Waals surface area contributed by atoms with Gasteiger partial charge in [0.1, 0.15) is 5.52 Å². The van der Waals surface area contributed by atoms with Crippen molar-refractivity contribution in [3.63, 3.8) is 0 Å². The molecule has 0 radical (unpaired) electrons. The van der Waals surface area contributed by atoms with Crippen molar-refractivity contribution in [2.24, 2.45) is 0 Å². The Bertz CT molecular complexity index is 1060. The molecule has 2 heterocycles. The van der Waals surface area contributed by atoms with Gasteiger partial charge >= 0.3 is 0 Å². The third kappa shape index (κ3) is 4.42.